The van der Waals surface area contributed by atoms with Gasteiger partial charge in [-0.05, 0) is 32.5 Å². The molecule has 0 saturated heterocycles. The van der Waals surface area contributed by atoms with E-state index in [-0.39, 0.29) is 5.91 Å². The van der Waals surface area contributed by atoms with Crippen molar-refractivity contribution in [3.63, 3.8) is 0 Å². The van der Waals surface area contributed by atoms with Crippen LogP contribution in [-0.4, -0.2) is 48.6 Å². The Kier molecular flexibility index (Phi) is 6.73. The van der Waals surface area contributed by atoms with Crippen molar-refractivity contribution in [3.8, 4) is 0 Å². The van der Waals surface area contributed by atoms with Crippen molar-refractivity contribution in [1.82, 2.24) is 10.2 Å². The number of nitrogens with zero attached hydrogens (tertiary/aromatic N) is 1. The van der Waals surface area contributed by atoms with Crippen LogP contribution in [0.4, 0.5) is 0 Å². The van der Waals surface area contributed by atoms with Crippen molar-refractivity contribution < 1.29 is 14.7 Å². The molecule has 0 saturated carbocycles. The fourth-order valence-electron chi connectivity index (χ4n) is 1.80. The monoisotopic (exact) mass is 278 g/mol. The third kappa shape index (κ3) is 6.33. The van der Waals surface area contributed by atoms with Gasteiger partial charge < -0.3 is 15.3 Å². The molecule has 0 aliphatic rings. The highest BCUT2D eigenvalue weighted by Gasteiger charge is 2.19. The number of rotatable bonds is 8. The average molecular weight is 278 g/mol. The van der Waals surface area contributed by atoms with E-state index in [2.05, 4.69) is 5.32 Å². The van der Waals surface area contributed by atoms with Crippen molar-refractivity contribution in [1.29, 1.82) is 0 Å². The summed E-state index contributed by atoms with van der Waals surface area (Å²) in [6.45, 7) is 0.608. The Morgan fingerprint density at radius 3 is 2.45 bits per heavy atom. The molecule has 5 nitrogen and oxygen atoms in total. The van der Waals surface area contributed by atoms with Crippen LogP contribution in [-0.2, 0) is 16.0 Å². The molecule has 0 spiro atoms. The van der Waals surface area contributed by atoms with Gasteiger partial charge in [-0.25, -0.2) is 4.79 Å². The number of aryl methyl sites for hydroxylation is 1. The molecule has 0 aromatic heterocycles. The number of nitrogens with one attached hydrogen (secondary N) is 1. The van der Waals surface area contributed by atoms with Crippen molar-refractivity contribution >= 4 is 11.9 Å². The summed E-state index contributed by atoms with van der Waals surface area (Å²) < 4.78 is 0. The minimum Gasteiger partial charge on any atom is -0.480 e. The maximum atomic E-state index is 11.7. The molecular formula is C15H22N2O3. The van der Waals surface area contributed by atoms with Crippen LogP contribution >= 0.6 is 0 Å². The quantitative estimate of drug-likeness (QED) is 0.748. The maximum absolute atomic E-state index is 11.7. The predicted molar refractivity (Wildman–Crippen MR) is 77.5 cm³/mol. The highest BCUT2D eigenvalue weighted by molar-refractivity contribution is 5.83. The van der Waals surface area contributed by atoms with Crippen molar-refractivity contribution in [3.05, 3.63) is 35.9 Å². The molecule has 20 heavy (non-hydrogen) atoms. The molecule has 1 aromatic rings. The molecule has 2 N–H and O–H groups in total. The van der Waals surface area contributed by atoms with Gasteiger partial charge in [0, 0.05) is 13.0 Å². The Bertz CT molecular complexity index is 432. The Balaban J connectivity index is 2.44. The van der Waals surface area contributed by atoms with Gasteiger partial charge in [-0.1, -0.05) is 30.3 Å². The number of carbonyl (C=O) groups is 2. The number of carboxylic acids is 1. The summed E-state index contributed by atoms with van der Waals surface area (Å²) in [6, 6.07) is 8.83. The van der Waals surface area contributed by atoms with E-state index in [0.717, 1.165) is 5.56 Å². The van der Waals surface area contributed by atoms with E-state index >= 15 is 0 Å². The van der Waals surface area contributed by atoms with Crippen molar-refractivity contribution in [2.24, 2.45) is 0 Å². The molecular weight excluding hydrogens is 256 g/mol. The molecule has 0 aliphatic heterocycles. The zero-order valence-electron chi connectivity index (χ0n) is 12.0. The standard InChI is InChI=1S/C15H22N2O3/c1-17(2)11-10-14(18)16-13(15(19)20)9-8-12-6-4-3-5-7-12/h3-7,13H,8-11H2,1-2H3,(H,16,18)(H,19,20)/t13-/m0/s1. The third-order valence-electron chi connectivity index (χ3n) is 2.98. The van der Waals surface area contributed by atoms with Gasteiger partial charge in [0.05, 0.1) is 0 Å². The van der Waals surface area contributed by atoms with Gasteiger partial charge in [-0.2, -0.15) is 0 Å². The number of amides is 1. The van der Waals surface area contributed by atoms with Gasteiger partial charge in [0.1, 0.15) is 6.04 Å². The summed E-state index contributed by atoms with van der Waals surface area (Å²) in [5, 5.41) is 11.7. The summed E-state index contributed by atoms with van der Waals surface area (Å²) in [6.07, 6.45) is 1.33. The molecule has 1 atom stereocenters. The van der Waals surface area contributed by atoms with E-state index in [9.17, 15) is 9.59 Å². The Labute approximate surface area is 119 Å². The second kappa shape index (κ2) is 8.32. The summed E-state index contributed by atoms with van der Waals surface area (Å²) in [5.41, 5.74) is 1.07. The van der Waals surface area contributed by atoms with E-state index in [4.69, 9.17) is 5.11 Å². The summed E-state index contributed by atoms with van der Waals surface area (Å²) >= 11 is 0. The van der Waals surface area contributed by atoms with Crippen LogP contribution < -0.4 is 5.32 Å². The van der Waals surface area contributed by atoms with E-state index in [1.54, 1.807) is 0 Å². The SMILES string of the molecule is CN(C)CCC(=O)N[C@@H](CCc1ccccc1)C(=O)O. The fraction of sp³-hybridized carbons (Fsp3) is 0.467. The van der Waals surface area contributed by atoms with E-state index in [1.807, 2.05) is 49.3 Å². The van der Waals surface area contributed by atoms with Crippen LogP contribution in [0.5, 0.6) is 0 Å². The molecule has 0 unspecified atom stereocenters. The summed E-state index contributed by atoms with van der Waals surface area (Å²) in [7, 11) is 3.74. The average Bonchev–Trinajstić information content (AvgIpc) is 2.42. The second-order valence-electron chi connectivity index (χ2n) is 5.04. The first-order valence-electron chi connectivity index (χ1n) is 6.70. The van der Waals surface area contributed by atoms with E-state index in [1.165, 1.54) is 0 Å². The molecule has 0 fully saturated rings. The fourth-order valence-corrected chi connectivity index (χ4v) is 1.80. The number of carbonyl (C=O) groups excluding carboxylic acids is 1. The lowest BCUT2D eigenvalue weighted by atomic mass is 10.1. The minimum absolute atomic E-state index is 0.223. The van der Waals surface area contributed by atoms with Crippen LogP contribution in [0, 0.1) is 0 Å². The molecule has 0 heterocycles. The van der Waals surface area contributed by atoms with Gasteiger partial charge in [-0.3, -0.25) is 4.79 Å². The first kappa shape index (κ1) is 16.2. The molecule has 0 bridgehead atoms. The molecule has 0 radical (unpaired) electrons. The first-order valence-corrected chi connectivity index (χ1v) is 6.70. The first-order chi connectivity index (χ1) is 9.49. The Morgan fingerprint density at radius 1 is 1.25 bits per heavy atom. The highest BCUT2D eigenvalue weighted by Crippen LogP contribution is 2.05. The minimum atomic E-state index is -0.987. The van der Waals surface area contributed by atoms with Crippen LogP contribution in [0.1, 0.15) is 18.4 Å². The lowest BCUT2D eigenvalue weighted by Crippen LogP contribution is -2.41. The van der Waals surface area contributed by atoms with E-state index in [0.29, 0.717) is 25.8 Å². The number of hydrogen-bond donors (Lipinski definition) is 2. The smallest absolute Gasteiger partial charge is 0.326 e. The summed E-state index contributed by atoms with van der Waals surface area (Å²) in [5.74, 6) is -1.21. The number of carboxylic acid groups (broad SMARTS) is 1. The zero-order valence-corrected chi connectivity index (χ0v) is 12.0. The van der Waals surface area contributed by atoms with Gasteiger partial charge in [0.2, 0.25) is 5.91 Å². The van der Waals surface area contributed by atoms with Crippen LogP contribution in [0.15, 0.2) is 30.3 Å². The third-order valence-corrected chi connectivity index (χ3v) is 2.98. The molecule has 5 heteroatoms. The van der Waals surface area contributed by atoms with Crippen molar-refractivity contribution in [2.45, 2.75) is 25.3 Å². The highest BCUT2D eigenvalue weighted by atomic mass is 16.4. The molecule has 1 amide bonds. The van der Waals surface area contributed by atoms with Gasteiger partial charge in [-0.15, -0.1) is 0 Å². The molecule has 110 valence electrons. The predicted octanol–water partition coefficient (Wildman–Crippen LogP) is 1.14. The lowest BCUT2D eigenvalue weighted by Gasteiger charge is -2.15. The second-order valence-corrected chi connectivity index (χ2v) is 5.04. The molecule has 0 aliphatic carbocycles. The van der Waals surface area contributed by atoms with Crippen LogP contribution in [0.2, 0.25) is 0 Å². The molecule has 1 rings (SSSR count). The van der Waals surface area contributed by atoms with Gasteiger partial charge in [0.25, 0.3) is 0 Å². The number of hydrogen-bond acceptors (Lipinski definition) is 3. The Hall–Kier alpha value is -1.88. The van der Waals surface area contributed by atoms with Crippen molar-refractivity contribution in [2.75, 3.05) is 20.6 Å². The Morgan fingerprint density at radius 2 is 1.90 bits per heavy atom. The topological polar surface area (TPSA) is 69.6 Å². The van der Waals surface area contributed by atoms with Crippen LogP contribution in [0.3, 0.4) is 0 Å². The largest absolute Gasteiger partial charge is 0.480 e. The zero-order chi connectivity index (χ0) is 15.0. The number of benzene rings is 1. The normalized spacial score (nSPS) is 12.2. The van der Waals surface area contributed by atoms with E-state index < -0.39 is 12.0 Å². The molecule has 1 aromatic carbocycles. The lowest BCUT2D eigenvalue weighted by molar-refractivity contribution is -0.142. The number of aliphatic carboxylic acids is 1. The van der Waals surface area contributed by atoms with Gasteiger partial charge >= 0.3 is 5.97 Å². The maximum Gasteiger partial charge on any atom is 0.326 e. The summed E-state index contributed by atoms with van der Waals surface area (Å²) in [4.78, 5) is 24.7. The van der Waals surface area contributed by atoms with Crippen LogP contribution in [0.25, 0.3) is 0 Å². The van der Waals surface area contributed by atoms with Gasteiger partial charge in [0.15, 0.2) is 0 Å².